The standard InChI is InChI=1S/C14H29N3O2/c1-17(2)8-10-19-9-7-16-14(18)11-12-5-3-4-6-13(12)15/h12-13H,3-11,15H2,1-2H3,(H,16,18). The maximum atomic E-state index is 11.8. The number of nitrogens with one attached hydrogen (secondary N) is 1. The van der Waals surface area contributed by atoms with E-state index in [-0.39, 0.29) is 11.9 Å². The second-order valence-electron chi connectivity index (χ2n) is 5.68. The number of amides is 1. The van der Waals surface area contributed by atoms with Crippen molar-refractivity contribution in [3.8, 4) is 0 Å². The first-order valence-corrected chi connectivity index (χ1v) is 7.34. The lowest BCUT2D eigenvalue weighted by molar-refractivity contribution is -0.122. The van der Waals surface area contributed by atoms with Gasteiger partial charge in [-0.1, -0.05) is 12.8 Å². The van der Waals surface area contributed by atoms with Gasteiger partial charge >= 0.3 is 0 Å². The highest BCUT2D eigenvalue weighted by atomic mass is 16.5. The normalized spacial score (nSPS) is 23.6. The van der Waals surface area contributed by atoms with Crippen LogP contribution >= 0.6 is 0 Å². The Labute approximate surface area is 116 Å². The lowest BCUT2D eigenvalue weighted by atomic mass is 9.83. The van der Waals surface area contributed by atoms with Gasteiger partial charge in [0.1, 0.15) is 0 Å². The summed E-state index contributed by atoms with van der Waals surface area (Å²) in [4.78, 5) is 13.8. The van der Waals surface area contributed by atoms with Gasteiger partial charge in [-0.2, -0.15) is 0 Å². The summed E-state index contributed by atoms with van der Waals surface area (Å²) < 4.78 is 5.42. The first kappa shape index (κ1) is 16.4. The molecule has 1 aliphatic rings. The van der Waals surface area contributed by atoms with E-state index in [4.69, 9.17) is 10.5 Å². The smallest absolute Gasteiger partial charge is 0.220 e. The molecule has 0 aromatic heterocycles. The van der Waals surface area contributed by atoms with E-state index >= 15 is 0 Å². The summed E-state index contributed by atoms with van der Waals surface area (Å²) in [6.07, 6.45) is 5.14. The molecule has 1 amide bonds. The van der Waals surface area contributed by atoms with E-state index in [1.165, 1.54) is 12.8 Å². The molecule has 1 rings (SSSR count). The van der Waals surface area contributed by atoms with Crippen molar-refractivity contribution in [2.45, 2.75) is 38.1 Å². The second kappa shape index (κ2) is 9.28. The van der Waals surface area contributed by atoms with E-state index in [1.807, 2.05) is 14.1 Å². The molecule has 19 heavy (non-hydrogen) atoms. The van der Waals surface area contributed by atoms with Crippen LogP contribution in [0.4, 0.5) is 0 Å². The van der Waals surface area contributed by atoms with Crippen LogP contribution in [0.2, 0.25) is 0 Å². The van der Waals surface area contributed by atoms with Crippen molar-refractivity contribution in [1.82, 2.24) is 10.2 Å². The van der Waals surface area contributed by atoms with Crippen LogP contribution in [0.15, 0.2) is 0 Å². The van der Waals surface area contributed by atoms with Crippen molar-refractivity contribution in [2.24, 2.45) is 11.7 Å². The van der Waals surface area contributed by atoms with Gasteiger partial charge in [-0.25, -0.2) is 0 Å². The van der Waals surface area contributed by atoms with Gasteiger partial charge in [0.25, 0.3) is 0 Å². The number of nitrogens with two attached hydrogens (primary N) is 1. The lowest BCUT2D eigenvalue weighted by Crippen LogP contribution is -2.37. The van der Waals surface area contributed by atoms with Crippen LogP contribution in [-0.2, 0) is 9.53 Å². The summed E-state index contributed by atoms with van der Waals surface area (Å²) in [5.41, 5.74) is 6.04. The largest absolute Gasteiger partial charge is 0.378 e. The van der Waals surface area contributed by atoms with Crippen molar-refractivity contribution in [3.63, 3.8) is 0 Å². The fourth-order valence-corrected chi connectivity index (χ4v) is 2.41. The number of likely N-dealkylation sites (N-methyl/N-ethyl adjacent to an activating group) is 1. The Morgan fingerprint density at radius 3 is 2.74 bits per heavy atom. The third-order valence-electron chi connectivity index (χ3n) is 3.67. The quantitative estimate of drug-likeness (QED) is 0.634. The molecule has 0 bridgehead atoms. The molecule has 112 valence electrons. The number of ether oxygens (including phenoxy) is 1. The molecular formula is C14H29N3O2. The number of carbonyl (C=O) groups is 1. The molecule has 1 saturated carbocycles. The van der Waals surface area contributed by atoms with Gasteiger partial charge in [-0.3, -0.25) is 4.79 Å². The summed E-state index contributed by atoms with van der Waals surface area (Å²) in [7, 11) is 4.02. The fraction of sp³-hybridized carbons (Fsp3) is 0.929. The predicted octanol–water partition coefficient (Wildman–Crippen LogP) is 0.588. The van der Waals surface area contributed by atoms with E-state index in [0.717, 1.165) is 19.4 Å². The van der Waals surface area contributed by atoms with Crippen LogP contribution in [0.25, 0.3) is 0 Å². The highest BCUT2D eigenvalue weighted by Crippen LogP contribution is 2.25. The second-order valence-corrected chi connectivity index (χ2v) is 5.68. The minimum atomic E-state index is 0.110. The molecule has 1 aliphatic carbocycles. The molecular weight excluding hydrogens is 242 g/mol. The van der Waals surface area contributed by atoms with E-state index in [9.17, 15) is 4.79 Å². The molecule has 3 N–H and O–H groups in total. The Morgan fingerprint density at radius 1 is 1.32 bits per heavy atom. The molecule has 0 saturated heterocycles. The Hall–Kier alpha value is -0.650. The topological polar surface area (TPSA) is 67.6 Å². The maximum absolute atomic E-state index is 11.8. The van der Waals surface area contributed by atoms with Crippen LogP contribution < -0.4 is 11.1 Å². The molecule has 0 aromatic rings. The summed E-state index contributed by atoms with van der Waals surface area (Å²) in [5.74, 6) is 0.474. The SMILES string of the molecule is CN(C)CCOCCNC(=O)CC1CCCCC1N. The van der Waals surface area contributed by atoms with Crippen molar-refractivity contribution in [1.29, 1.82) is 0 Å². The number of rotatable bonds is 8. The number of nitrogens with zero attached hydrogens (tertiary/aromatic N) is 1. The molecule has 0 radical (unpaired) electrons. The van der Waals surface area contributed by atoms with Crippen LogP contribution in [0.1, 0.15) is 32.1 Å². The average Bonchev–Trinajstić information content (AvgIpc) is 2.36. The Bertz CT molecular complexity index is 259. The average molecular weight is 271 g/mol. The molecule has 1 fully saturated rings. The van der Waals surface area contributed by atoms with Crippen LogP contribution in [-0.4, -0.2) is 57.2 Å². The molecule has 0 aromatic carbocycles. The van der Waals surface area contributed by atoms with Crippen LogP contribution in [0.3, 0.4) is 0 Å². The van der Waals surface area contributed by atoms with E-state index in [0.29, 0.717) is 32.1 Å². The Balaban J connectivity index is 2.01. The number of hydrogen-bond donors (Lipinski definition) is 2. The van der Waals surface area contributed by atoms with Gasteiger partial charge < -0.3 is 20.7 Å². The molecule has 5 heteroatoms. The summed E-state index contributed by atoms with van der Waals surface area (Å²) in [5, 5.41) is 2.91. The first-order valence-electron chi connectivity index (χ1n) is 7.34. The predicted molar refractivity (Wildman–Crippen MR) is 76.9 cm³/mol. The van der Waals surface area contributed by atoms with Crippen molar-refractivity contribution < 1.29 is 9.53 Å². The van der Waals surface area contributed by atoms with E-state index < -0.39 is 0 Å². The van der Waals surface area contributed by atoms with Crippen molar-refractivity contribution >= 4 is 5.91 Å². The molecule has 0 spiro atoms. The van der Waals surface area contributed by atoms with Crippen molar-refractivity contribution in [3.05, 3.63) is 0 Å². The van der Waals surface area contributed by atoms with E-state index in [1.54, 1.807) is 0 Å². The minimum absolute atomic E-state index is 0.110. The first-order chi connectivity index (χ1) is 9.09. The van der Waals surface area contributed by atoms with Crippen LogP contribution in [0.5, 0.6) is 0 Å². The van der Waals surface area contributed by atoms with Gasteiger partial charge in [-0.15, -0.1) is 0 Å². The zero-order chi connectivity index (χ0) is 14.1. The van der Waals surface area contributed by atoms with Gasteiger partial charge in [0.2, 0.25) is 5.91 Å². The fourth-order valence-electron chi connectivity index (χ4n) is 2.41. The summed E-state index contributed by atoms with van der Waals surface area (Å²) in [6, 6.07) is 0.204. The number of hydrogen-bond acceptors (Lipinski definition) is 4. The number of carbonyl (C=O) groups excluding carboxylic acids is 1. The molecule has 0 aliphatic heterocycles. The molecule has 5 nitrogen and oxygen atoms in total. The highest BCUT2D eigenvalue weighted by Gasteiger charge is 2.23. The van der Waals surface area contributed by atoms with Gasteiger partial charge in [0.05, 0.1) is 13.2 Å². The molecule has 2 atom stereocenters. The molecule has 0 heterocycles. The monoisotopic (exact) mass is 271 g/mol. The minimum Gasteiger partial charge on any atom is -0.378 e. The third kappa shape index (κ3) is 7.50. The summed E-state index contributed by atoms with van der Waals surface area (Å²) in [6.45, 7) is 2.78. The highest BCUT2D eigenvalue weighted by molar-refractivity contribution is 5.76. The Morgan fingerprint density at radius 2 is 2.05 bits per heavy atom. The van der Waals surface area contributed by atoms with Gasteiger partial charge in [0.15, 0.2) is 0 Å². The van der Waals surface area contributed by atoms with Gasteiger partial charge in [0, 0.05) is 25.6 Å². The van der Waals surface area contributed by atoms with Gasteiger partial charge in [-0.05, 0) is 32.9 Å². The molecule has 2 unspecified atom stereocenters. The van der Waals surface area contributed by atoms with Crippen LogP contribution in [0, 0.1) is 5.92 Å². The third-order valence-corrected chi connectivity index (χ3v) is 3.67. The van der Waals surface area contributed by atoms with E-state index in [2.05, 4.69) is 10.2 Å². The lowest BCUT2D eigenvalue weighted by Gasteiger charge is -2.27. The summed E-state index contributed by atoms with van der Waals surface area (Å²) >= 11 is 0. The zero-order valence-corrected chi connectivity index (χ0v) is 12.4. The zero-order valence-electron chi connectivity index (χ0n) is 12.4. The van der Waals surface area contributed by atoms with Crippen molar-refractivity contribution in [2.75, 3.05) is 40.4 Å². The maximum Gasteiger partial charge on any atom is 0.220 e. The Kier molecular flexibility index (Phi) is 8.02.